The summed E-state index contributed by atoms with van der Waals surface area (Å²) in [5.74, 6) is 0.171. The van der Waals surface area contributed by atoms with Crippen LogP contribution in [0.25, 0.3) is 21.9 Å². The molecule has 40 heavy (non-hydrogen) atoms. The third-order valence-corrected chi connectivity index (χ3v) is 7.19. The van der Waals surface area contributed by atoms with Gasteiger partial charge in [-0.15, -0.1) is 37.2 Å². The van der Waals surface area contributed by atoms with Crippen molar-refractivity contribution in [2.45, 2.75) is 19.3 Å². The van der Waals surface area contributed by atoms with E-state index in [1.165, 1.54) is 16.6 Å². The first kappa shape index (κ1) is 33.3. The molecule has 4 aromatic rings. The number of unbranched alkanes of at least 4 members (excludes halogenated alkanes) is 1. The average molecular weight is 608 g/mol. The number of hydrogen-bond acceptors (Lipinski definition) is 6. The van der Waals surface area contributed by atoms with Gasteiger partial charge in [-0.25, -0.2) is 0 Å². The van der Waals surface area contributed by atoms with Gasteiger partial charge in [0.15, 0.2) is 5.76 Å². The average Bonchev–Trinajstić information content (AvgIpc) is 3.55. The molecular formula is C29H37Cl3N6O2. The zero-order valence-electron chi connectivity index (χ0n) is 22.6. The second kappa shape index (κ2) is 15.8. The van der Waals surface area contributed by atoms with Gasteiger partial charge in [-0.2, -0.15) is 5.26 Å². The molecule has 0 unspecified atom stereocenters. The monoisotopic (exact) mass is 606 g/mol. The van der Waals surface area contributed by atoms with Crippen molar-refractivity contribution in [1.82, 2.24) is 20.5 Å². The number of carbonyl (C=O) groups is 1. The lowest BCUT2D eigenvalue weighted by atomic mass is 10.1. The minimum absolute atomic E-state index is 0. The Balaban J connectivity index is 0.00000187. The van der Waals surface area contributed by atoms with Crippen LogP contribution in [0, 0.1) is 11.3 Å². The van der Waals surface area contributed by atoms with E-state index in [-0.39, 0.29) is 43.1 Å². The number of halogens is 3. The van der Waals surface area contributed by atoms with Crippen LogP contribution in [0.2, 0.25) is 0 Å². The van der Waals surface area contributed by atoms with Gasteiger partial charge in [0.1, 0.15) is 5.58 Å². The molecule has 0 aliphatic carbocycles. The second-order valence-electron chi connectivity index (χ2n) is 9.66. The third-order valence-electron chi connectivity index (χ3n) is 7.19. The van der Waals surface area contributed by atoms with Crippen molar-refractivity contribution in [3.8, 4) is 6.07 Å². The number of nitrogens with zero attached hydrogens (tertiary/aromatic N) is 3. The maximum atomic E-state index is 12.3. The summed E-state index contributed by atoms with van der Waals surface area (Å²) < 4.78 is 5.76. The van der Waals surface area contributed by atoms with Gasteiger partial charge < -0.3 is 24.9 Å². The first-order valence-electron chi connectivity index (χ1n) is 13.1. The molecule has 8 nitrogen and oxygen atoms in total. The minimum Gasteiger partial charge on any atom is -0.451 e. The molecule has 11 heteroatoms. The van der Waals surface area contributed by atoms with E-state index in [1.54, 1.807) is 0 Å². The number of H-pyrrole nitrogens is 1. The molecule has 1 fully saturated rings. The van der Waals surface area contributed by atoms with E-state index in [4.69, 9.17) is 4.42 Å². The number of hydrogen-bond donors (Lipinski definition) is 3. The minimum atomic E-state index is -0.182. The molecule has 0 saturated carbocycles. The molecule has 5 rings (SSSR count). The zero-order chi connectivity index (χ0) is 25.6. The van der Waals surface area contributed by atoms with Crippen LogP contribution < -0.4 is 15.5 Å². The van der Waals surface area contributed by atoms with Crippen LogP contribution in [0.5, 0.6) is 0 Å². The number of benzene rings is 2. The largest absolute Gasteiger partial charge is 0.451 e. The Morgan fingerprint density at radius 3 is 2.58 bits per heavy atom. The number of furan rings is 1. The van der Waals surface area contributed by atoms with Crippen molar-refractivity contribution < 1.29 is 9.21 Å². The number of amides is 1. The van der Waals surface area contributed by atoms with Crippen LogP contribution in [-0.2, 0) is 6.42 Å². The Morgan fingerprint density at radius 2 is 1.82 bits per heavy atom. The van der Waals surface area contributed by atoms with Crippen molar-refractivity contribution in [1.29, 1.82) is 5.26 Å². The van der Waals surface area contributed by atoms with Gasteiger partial charge in [0.05, 0.1) is 11.6 Å². The summed E-state index contributed by atoms with van der Waals surface area (Å²) in [5.41, 5.74) is 5.02. The van der Waals surface area contributed by atoms with Crippen LogP contribution in [0.4, 0.5) is 5.69 Å². The highest BCUT2D eigenvalue weighted by Gasteiger charge is 2.18. The number of aromatic amines is 1. The summed E-state index contributed by atoms with van der Waals surface area (Å²) in [7, 11) is 1.86. The molecule has 0 bridgehead atoms. The van der Waals surface area contributed by atoms with Gasteiger partial charge in [0.2, 0.25) is 0 Å². The number of rotatable bonds is 10. The van der Waals surface area contributed by atoms with E-state index in [9.17, 15) is 10.1 Å². The zero-order valence-corrected chi connectivity index (χ0v) is 25.0. The van der Waals surface area contributed by atoms with Crippen LogP contribution >= 0.6 is 37.2 Å². The van der Waals surface area contributed by atoms with Crippen LogP contribution in [0.3, 0.4) is 0 Å². The highest BCUT2D eigenvalue weighted by molar-refractivity contribution is 5.96. The summed E-state index contributed by atoms with van der Waals surface area (Å²) in [6.45, 7) is 6.44. The van der Waals surface area contributed by atoms with Crippen LogP contribution in [0.1, 0.15) is 34.5 Å². The van der Waals surface area contributed by atoms with Gasteiger partial charge >= 0.3 is 0 Å². The number of piperazine rings is 1. The summed E-state index contributed by atoms with van der Waals surface area (Å²) in [4.78, 5) is 20.6. The molecule has 1 aliphatic heterocycles. The molecule has 0 radical (unpaired) electrons. The van der Waals surface area contributed by atoms with Gasteiger partial charge in [-0.05, 0) is 80.9 Å². The molecule has 0 spiro atoms. The van der Waals surface area contributed by atoms with E-state index >= 15 is 0 Å². The molecule has 1 amide bonds. The Labute approximate surface area is 253 Å². The lowest BCUT2D eigenvalue weighted by Crippen LogP contribution is -2.46. The first-order chi connectivity index (χ1) is 18.1. The van der Waals surface area contributed by atoms with Gasteiger partial charge in [-0.1, -0.05) is 0 Å². The van der Waals surface area contributed by atoms with E-state index in [0.29, 0.717) is 17.9 Å². The summed E-state index contributed by atoms with van der Waals surface area (Å²) >= 11 is 0. The molecule has 2 aromatic heterocycles. The molecule has 2 aromatic carbocycles. The number of nitriles is 1. The Morgan fingerprint density at radius 1 is 1.02 bits per heavy atom. The summed E-state index contributed by atoms with van der Waals surface area (Å²) in [5, 5.41) is 17.2. The molecule has 0 atom stereocenters. The number of fused-ring (bicyclic) bond motifs is 2. The van der Waals surface area contributed by atoms with E-state index in [0.717, 1.165) is 75.0 Å². The van der Waals surface area contributed by atoms with E-state index in [1.807, 2.05) is 37.4 Å². The molecule has 1 saturated heterocycles. The SMILES string of the molecule is CNCCNC(=O)c1cc2cc(N3CCN(CCCCc4c[nH]c5ccc(C#N)cc45)CC3)ccc2o1.Cl.Cl.Cl. The first-order valence-corrected chi connectivity index (χ1v) is 13.1. The fourth-order valence-electron chi connectivity index (χ4n) is 5.06. The molecule has 3 N–H and O–H groups in total. The van der Waals surface area contributed by atoms with Crippen molar-refractivity contribution in [2.75, 3.05) is 57.8 Å². The van der Waals surface area contributed by atoms with Gasteiger partial charge in [0, 0.05) is 67.4 Å². The molecule has 216 valence electrons. The lowest BCUT2D eigenvalue weighted by Gasteiger charge is -2.36. The van der Waals surface area contributed by atoms with Gasteiger partial charge in [-0.3, -0.25) is 9.69 Å². The summed E-state index contributed by atoms with van der Waals surface area (Å²) in [6, 6.07) is 16.1. The predicted molar refractivity (Wildman–Crippen MR) is 169 cm³/mol. The van der Waals surface area contributed by atoms with Crippen LogP contribution in [-0.4, -0.2) is 68.7 Å². The number of anilines is 1. The van der Waals surface area contributed by atoms with E-state index < -0.39 is 0 Å². The van der Waals surface area contributed by atoms with Crippen molar-refractivity contribution in [3.63, 3.8) is 0 Å². The highest BCUT2D eigenvalue weighted by atomic mass is 35.5. The van der Waals surface area contributed by atoms with E-state index in [2.05, 4.69) is 49.8 Å². The topological polar surface area (TPSA) is 100 Å². The van der Waals surface area contributed by atoms with Gasteiger partial charge in [0.25, 0.3) is 5.91 Å². The normalized spacial score (nSPS) is 13.2. The standard InChI is InChI=1S/C29H34N6O2.3ClH/c1-31-9-10-32-29(36)28-18-23-17-24(6-8-27(23)37-28)35-14-12-34(13-15-35)11-3-2-4-22-20-33-26-7-5-21(19-30)16-25(22)26;;;/h5-8,16-18,20,31,33H,2-4,9-15H2,1H3,(H,32,36);3*1H. The number of carbonyl (C=O) groups excluding carboxylic acids is 1. The Hall–Kier alpha value is -2.93. The third kappa shape index (κ3) is 7.84. The predicted octanol–water partition coefficient (Wildman–Crippen LogP) is 5.15. The van der Waals surface area contributed by atoms with Crippen molar-refractivity contribution in [3.05, 3.63) is 65.5 Å². The van der Waals surface area contributed by atoms with Crippen molar-refractivity contribution >= 4 is 70.7 Å². The Bertz CT molecular complexity index is 1420. The molecular weight excluding hydrogens is 571 g/mol. The Kier molecular flexibility index (Phi) is 13.1. The van der Waals surface area contributed by atoms with Crippen LogP contribution in [0.15, 0.2) is 53.1 Å². The number of aryl methyl sites for hydroxylation is 1. The number of nitrogens with one attached hydrogen (secondary N) is 3. The molecule has 1 aliphatic rings. The number of aromatic nitrogens is 1. The lowest BCUT2D eigenvalue weighted by molar-refractivity contribution is 0.0928. The smallest absolute Gasteiger partial charge is 0.287 e. The van der Waals surface area contributed by atoms with Crippen molar-refractivity contribution in [2.24, 2.45) is 0 Å². The maximum absolute atomic E-state index is 12.3. The summed E-state index contributed by atoms with van der Waals surface area (Å²) in [6.07, 6.45) is 5.40. The highest BCUT2D eigenvalue weighted by Crippen LogP contribution is 2.26. The molecule has 3 heterocycles. The second-order valence-corrected chi connectivity index (χ2v) is 9.66. The quantitative estimate of drug-likeness (QED) is 0.216. The fourth-order valence-corrected chi connectivity index (χ4v) is 5.06. The fraction of sp³-hybridized carbons (Fsp3) is 0.379. The maximum Gasteiger partial charge on any atom is 0.287 e. The number of likely N-dealkylation sites (N-methyl/N-ethyl adjacent to an activating group) is 1.